The van der Waals surface area contributed by atoms with Crippen molar-refractivity contribution in [3.05, 3.63) is 70.2 Å². The number of rotatable bonds is 7. The van der Waals surface area contributed by atoms with Crippen molar-refractivity contribution in [3.8, 4) is 0 Å². The zero-order chi connectivity index (χ0) is 20.4. The molecule has 1 amide bonds. The maximum atomic E-state index is 13.4. The summed E-state index contributed by atoms with van der Waals surface area (Å²) in [6.07, 6.45) is 3.85. The maximum absolute atomic E-state index is 13.4. The maximum Gasteiger partial charge on any atom is 0.260 e. The minimum Gasteiger partial charge on any atom is -0.345 e. The fourth-order valence-corrected chi connectivity index (χ4v) is 4.22. The molecule has 1 fully saturated rings. The van der Waals surface area contributed by atoms with Crippen LogP contribution in [0, 0.1) is 5.82 Å². The summed E-state index contributed by atoms with van der Waals surface area (Å²) in [5, 5.41) is 3.27. The Hall–Kier alpha value is -2.51. The van der Waals surface area contributed by atoms with E-state index < -0.39 is 0 Å². The summed E-state index contributed by atoms with van der Waals surface area (Å²) in [7, 11) is 0. The van der Waals surface area contributed by atoms with Gasteiger partial charge in [0.2, 0.25) is 0 Å². The molecule has 1 aromatic carbocycles. The molecule has 0 aliphatic heterocycles. The number of carbonyl (C=O) groups excluding carboxylic acids is 1. The van der Waals surface area contributed by atoms with E-state index in [4.69, 9.17) is 16.6 Å². The molecule has 0 spiro atoms. The number of pyridine rings is 1. The summed E-state index contributed by atoms with van der Waals surface area (Å²) >= 11 is 7.43. The van der Waals surface area contributed by atoms with E-state index >= 15 is 0 Å². The monoisotopic (exact) mass is 430 g/mol. The highest BCUT2D eigenvalue weighted by molar-refractivity contribution is 7.13. The summed E-state index contributed by atoms with van der Waals surface area (Å²) < 4.78 is 13.4. The summed E-state index contributed by atoms with van der Waals surface area (Å²) in [6, 6.07) is 9.65. The van der Waals surface area contributed by atoms with Crippen molar-refractivity contribution in [2.75, 3.05) is 16.3 Å². The van der Waals surface area contributed by atoms with E-state index in [0.29, 0.717) is 22.4 Å². The predicted octanol–water partition coefficient (Wildman–Crippen LogP) is 5.17. The van der Waals surface area contributed by atoms with Gasteiger partial charge in [0.25, 0.3) is 5.91 Å². The van der Waals surface area contributed by atoms with Crippen molar-refractivity contribution in [1.82, 2.24) is 9.97 Å². The number of hydrogen-bond donors (Lipinski definition) is 0. The molecule has 5 nitrogen and oxygen atoms in total. The Kier molecular flexibility index (Phi) is 5.78. The predicted molar refractivity (Wildman–Crippen MR) is 114 cm³/mol. The normalized spacial score (nSPS) is 13.3. The largest absolute Gasteiger partial charge is 0.345 e. The number of nitrogens with zero attached hydrogens (tertiary/aromatic N) is 4. The van der Waals surface area contributed by atoms with Crippen LogP contribution in [0.25, 0.3) is 0 Å². The van der Waals surface area contributed by atoms with Gasteiger partial charge in [0.15, 0.2) is 5.13 Å². The first-order chi connectivity index (χ1) is 14.0. The molecule has 0 radical (unpaired) electrons. The van der Waals surface area contributed by atoms with E-state index in [9.17, 15) is 9.18 Å². The Morgan fingerprint density at radius 1 is 1.24 bits per heavy atom. The lowest BCUT2D eigenvalue weighted by atomic mass is 10.2. The number of thiazole rings is 1. The van der Waals surface area contributed by atoms with Crippen LogP contribution in [0.2, 0.25) is 5.15 Å². The summed E-state index contributed by atoms with van der Waals surface area (Å²) in [5.74, 6) is -0.599. The topological polar surface area (TPSA) is 49.3 Å². The van der Waals surface area contributed by atoms with Gasteiger partial charge in [0.1, 0.15) is 11.0 Å². The minimum atomic E-state index is -0.353. The van der Waals surface area contributed by atoms with Crippen LogP contribution in [0.15, 0.2) is 48.0 Å². The Balaban J connectivity index is 1.62. The lowest BCUT2D eigenvalue weighted by Crippen LogP contribution is -2.31. The molecule has 1 aliphatic rings. The van der Waals surface area contributed by atoms with Crippen LogP contribution in [0.3, 0.4) is 0 Å². The van der Waals surface area contributed by atoms with Gasteiger partial charge >= 0.3 is 0 Å². The Morgan fingerprint density at radius 3 is 2.62 bits per heavy atom. The SMILES string of the molecule is CCN(c1nc(CN(C(=O)c2ccc(Cl)nc2)c2ccc(F)cc2)cs1)C1CC1. The van der Waals surface area contributed by atoms with Gasteiger partial charge in [-0.2, -0.15) is 0 Å². The van der Waals surface area contributed by atoms with E-state index in [-0.39, 0.29) is 18.3 Å². The van der Waals surface area contributed by atoms with Crippen LogP contribution in [0.4, 0.5) is 15.2 Å². The highest BCUT2D eigenvalue weighted by Gasteiger charge is 2.30. The second-order valence-electron chi connectivity index (χ2n) is 6.88. The molecule has 0 bridgehead atoms. The number of amides is 1. The van der Waals surface area contributed by atoms with E-state index in [1.54, 1.807) is 40.5 Å². The average Bonchev–Trinajstić information content (AvgIpc) is 3.46. The van der Waals surface area contributed by atoms with Crippen molar-refractivity contribution < 1.29 is 9.18 Å². The minimum absolute atomic E-state index is 0.245. The molecule has 3 aromatic rings. The van der Waals surface area contributed by atoms with Crippen molar-refractivity contribution in [2.45, 2.75) is 32.4 Å². The number of hydrogen-bond acceptors (Lipinski definition) is 5. The van der Waals surface area contributed by atoms with Crippen LogP contribution >= 0.6 is 22.9 Å². The Bertz CT molecular complexity index is 989. The van der Waals surface area contributed by atoms with Crippen molar-refractivity contribution in [2.24, 2.45) is 0 Å². The van der Waals surface area contributed by atoms with Crippen LogP contribution < -0.4 is 9.80 Å². The smallest absolute Gasteiger partial charge is 0.260 e. The third-order valence-electron chi connectivity index (χ3n) is 4.79. The first-order valence-corrected chi connectivity index (χ1v) is 10.7. The number of benzene rings is 1. The highest BCUT2D eigenvalue weighted by atomic mass is 35.5. The van der Waals surface area contributed by atoms with Gasteiger partial charge in [-0.05, 0) is 56.2 Å². The zero-order valence-corrected chi connectivity index (χ0v) is 17.5. The van der Waals surface area contributed by atoms with Gasteiger partial charge in [0, 0.05) is 29.9 Å². The van der Waals surface area contributed by atoms with Gasteiger partial charge in [-0.3, -0.25) is 4.79 Å². The van der Waals surface area contributed by atoms with Crippen molar-refractivity contribution in [1.29, 1.82) is 0 Å². The lowest BCUT2D eigenvalue weighted by molar-refractivity contribution is 0.0984. The Morgan fingerprint density at radius 2 is 2.00 bits per heavy atom. The molecule has 8 heteroatoms. The summed E-state index contributed by atoms with van der Waals surface area (Å²) in [5.41, 5.74) is 1.79. The number of anilines is 2. The molecular weight excluding hydrogens is 411 g/mol. The molecule has 2 heterocycles. The van der Waals surface area contributed by atoms with E-state index in [1.807, 2.05) is 5.38 Å². The molecule has 150 valence electrons. The summed E-state index contributed by atoms with van der Waals surface area (Å²) in [6.45, 7) is 3.32. The standard InChI is InChI=1S/C21H20ClFN4OS/c1-2-26(17-8-9-17)21-25-16(13-29-21)12-27(18-6-4-15(23)5-7-18)20(28)14-3-10-19(22)24-11-14/h3-7,10-11,13,17H,2,8-9,12H2,1H3. The van der Waals surface area contributed by atoms with Gasteiger partial charge < -0.3 is 9.80 Å². The third-order valence-corrected chi connectivity index (χ3v) is 5.94. The first-order valence-electron chi connectivity index (χ1n) is 9.45. The number of carbonyl (C=O) groups is 1. The molecule has 0 unspecified atom stereocenters. The Labute approximate surface area is 177 Å². The third kappa shape index (κ3) is 4.57. The molecule has 0 saturated heterocycles. The first kappa shape index (κ1) is 19.8. The van der Waals surface area contributed by atoms with Gasteiger partial charge in [0.05, 0.1) is 17.8 Å². The molecule has 1 saturated carbocycles. The molecule has 29 heavy (non-hydrogen) atoms. The van der Waals surface area contributed by atoms with Crippen LogP contribution in [-0.2, 0) is 6.54 Å². The number of halogens is 2. The molecule has 0 atom stereocenters. The second-order valence-corrected chi connectivity index (χ2v) is 8.10. The molecule has 4 rings (SSSR count). The van der Waals surface area contributed by atoms with Crippen LogP contribution in [0.1, 0.15) is 35.8 Å². The number of aromatic nitrogens is 2. The van der Waals surface area contributed by atoms with Crippen LogP contribution in [-0.4, -0.2) is 28.5 Å². The zero-order valence-electron chi connectivity index (χ0n) is 15.9. The average molecular weight is 431 g/mol. The van der Waals surface area contributed by atoms with Gasteiger partial charge in [-0.1, -0.05) is 11.6 Å². The molecule has 2 aromatic heterocycles. The molecular formula is C21H20ClFN4OS. The quantitative estimate of drug-likeness (QED) is 0.485. The van der Waals surface area contributed by atoms with Gasteiger partial charge in [-0.25, -0.2) is 14.4 Å². The fraction of sp³-hybridized carbons (Fsp3) is 0.286. The highest BCUT2D eigenvalue weighted by Crippen LogP contribution is 2.33. The second kappa shape index (κ2) is 8.47. The lowest BCUT2D eigenvalue weighted by Gasteiger charge is -2.22. The van der Waals surface area contributed by atoms with E-state index in [1.165, 1.54) is 31.2 Å². The molecule has 0 N–H and O–H groups in total. The molecule has 1 aliphatic carbocycles. The van der Waals surface area contributed by atoms with Gasteiger partial charge in [-0.15, -0.1) is 11.3 Å². The van der Waals surface area contributed by atoms with Crippen LogP contribution in [0.5, 0.6) is 0 Å². The van der Waals surface area contributed by atoms with E-state index in [2.05, 4.69) is 16.8 Å². The summed E-state index contributed by atoms with van der Waals surface area (Å²) in [4.78, 5) is 25.8. The fourth-order valence-electron chi connectivity index (χ4n) is 3.16. The van der Waals surface area contributed by atoms with E-state index in [0.717, 1.165) is 17.4 Å². The van der Waals surface area contributed by atoms with Crippen molar-refractivity contribution >= 4 is 39.7 Å². The van der Waals surface area contributed by atoms with Crippen molar-refractivity contribution in [3.63, 3.8) is 0 Å².